The van der Waals surface area contributed by atoms with Crippen LogP contribution in [0.2, 0.25) is 0 Å². The summed E-state index contributed by atoms with van der Waals surface area (Å²) in [5.41, 5.74) is 0. The molecule has 3 rings (SSSR count). The number of rotatable bonds is 5. The highest BCUT2D eigenvalue weighted by Crippen LogP contribution is 2.23. The topological polar surface area (TPSA) is 44.3 Å². The van der Waals surface area contributed by atoms with Crippen molar-refractivity contribution in [3.8, 4) is 0 Å². The summed E-state index contributed by atoms with van der Waals surface area (Å²) in [4.78, 5) is 12.4. The molecule has 2 aliphatic rings. The molecule has 0 spiro atoms. The van der Waals surface area contributed by atoms with Gasteiger partial charge in [-0.25, -0.2) is 9.97 Å². The Hall–Kier alpha value is -1.57. The average Bonchev–Trinajstić information content (AvgIpc) is 2.61. The summed E-state index contributed by atoms with van der Waals surface area (Å²) in [5.74, 6) is 2.14. The molecule has 1 aromatic rings. The van der Waals surface area contributed by atoms with Crippen LogP contribution in [0.1, 0.15) is 32.1 Å². The van der Waals surface area contributed by atoms with Gasteiger partial charge in [-0.15, -0.1) is 0 Å². The van der Waals surface area contributed by atoms with Gasteiger partial charge in [0.25, 0.3) is 0 Å². The molecule has 0 aromatic carbocycles. The molecular formula is C17H26F3N5. The molecule has 25 heavy (non-hydrogen) atoms. The standard InChI is InChI=1S/C17H26F3N5/c18-17(19,20)12-24-8-4-14(5-9-24)11-21-15-10-16(23-13-22-15)25-6-2-1-3-7-25/h10,13-14H,1-9,11-12H2,(H,21,22,23). The van der Waals surface area contributed by atoms with Gasteiger partial charge in [-0.3, -0.25) is 4.90 Å². The van der Waals surface area contributed by atoms with Crippen molar-refractivity contribution in [3.63, 3.8) is 0 Å². The van der Waals surface area contributed by atoms with E-state index in [-0.39, 0.29) is 0 Å². The number of anilines is 2. The summed E-state index contributed by atoms with van der Waals surface area (Å²) in [6.07, 6.45) is 2.72. The number of nitrogens with one attached hydrogen (secondary N) is 1. The van der Waals surface area contributed by atoms with Gasteiger partial charge >= 0.3 is 6.18 Å². The predicted molar refractivity (Wildman–Crippen MR) is 91.8 cm³/mol. The minimum Gasteiger partial charge on any atom is -0.370 e. The summed E-state index contributed by atoms with van der Waals surface area (Å²) in [6.45, 7) is 3.04. The van der Waals surface area contributed by atoms with Gasteiger partial charge < -0.3 is 10.2 Å². The van der Waals surface area contributed by atoms with Crippen molar-refractivity contribution in [3.05, 3.63) is 12.4 Å². The molecule has 8 heteroatoms. The summed E-state index contributed by atoms with van der Waals surface area (Å²) >= 11 is 0. The van der Waals surface area contributed by atoms with Crippen molar-refractivity contribution in [1.82, 2.24) is 14.9 Å². The number of piperidine rings is 2. The second-order valence-corrected chi connectivity index (χ2v) is 7.02. The molecular weight excluding hydrogens is 331 g/mol. The Labute approximate surface area is 146 Å². The number of likely N-dealkylation sites (tertiary alicyclic amines) is 1. The lowest BCUT2D eigenvalue weighted by atomic mass is 9.97. The van der Waals surface area contributed by atoms with Gasteiger partial charge in [0.1, 0.15) is 18.0 Å². The Morgan fingerprint density at radius 1 is 1.04 bits per heavy atom. The zero-order valence-electron chi connectivity index (χ0n) is 14.4. The minimum absolute atomic E-state index is 0.387. The highest BCUT2D eigenvalue weighted by molar-refractivity contribution is 5.48. The summed E-state index contributed by atoms with van der Waals surface area (Å²) < 4.78 is 37.3. The zero-order valence-corrected chi connectivity index (χ0v) is 14.4. The number of nitrogens with zero attached hydrogens (tertiary/aromatic N) is 4. The first-order valence-electron chi connectivity index (χ1n) is 9.09. The van der Waals surface area contributed by atoms with Crippen molar-refractivity contribution in [2.45, 2.75) is 38.3 Å². The summed E-state index contributed by atoms with van der Waals surface area (Å²) in [7, 11) is 0. The van der Waals surface area contributed by atoms with E-state index in [4.69, 9.17) is 0 Å². The number of alkyl halides is 3. The lowest BCUT2D eigenvalue weighted by Gasteiger charge is -2.32. The van der Waals surface area contributed by atoms with Gasteiger partial charge in [0.05, 0.1) is 6.54 Å². The molecule has 2 saturated heterocycles. The van der Waals surface area contributed by atoms with Crippen LogP contribution in [0, 0.1) is 5.92 Å². The van der Waals surface area contributed by atoms with E-state index in [2.05, 4.69) is 20.2 Å². The maximum absolute atomic E-state index is 12.4. The van der Waals surface area contributed by atoms with Crippen LogP contribution in [0.3, 0.4) is 0 Å². The van der Waals surface area contributed by atoms with Crippen LogP contribution >= 0.6 is 0 Å². The minimum atomic E-state index is -4.10. The molecule has 2 fully saturated rings. The normalized spacial score (nSPS) is 20.7. The van der Waals surface area contributed by atoms with Gasteiger partial charge in [-0.2, -0.15) is 13.2 Å². The molecule has 0 unspecified atom stereocenters. The van der Waals surface area contributed by atoms with Crippen LogP contribution in [-0.2, 0) is 0 Å². The fraction of sp³-hybridized carbons (Fsp3) is 0.765. The van der Waals surface area contributed by atoms with Crippen LogP contribution in [0.25, 0.3) is 0 Å². The molecule has 0 atom stereocenters. The first-order chi connectivity index (χ1) is 12.0. The number of halogens is 3. The van der Waals surface area contributed by atoms with Crippen LogP contribution < -0.4 is 10.2 Å². The van der Waals surface area contributed by atoms with E-state index >= 15 is 0 Å². The molecule has 1 aromatic heterocycles. The van der Waals surface area contributed by atoms with Gasteiger partial charge in [0.15, 0.2) is 0 Å². The Morgan fingerprint density at radius 3 is 2.44 bits per heavy atom. The number of hydrogen-bond donors (Lipinski definition) is 1. The smallest absolute Gasteiger partial charge is 0.370 e. The Bertz CT molecular complexity index is 537. The van der Waals surface area contributed by atoms with E-state index < -0.39 is 12.7 Å². The first kappa shape index (κ1) is 18.2. The monoisotopic (exact) mass is 357 g/mol. The lowest BCUT2D eigenvalue weighted by molar-refractivity contribution is -0.148. The van der Waals surface area contributed by atoms with Crippen LogP contribution in [0.4, 0.5) is 24.8 Å². The van der Waals surface area contributed by atoms with E-state index in [0.29, 0.717) is 19.0 Å². The van der Waals surface area contributed by atoms with E-state index in [1.165, 1.54) is 24.2 Å². The third-order valence-electron chi connectivity index (χ3n) is 5.01. The summed E-state index contributed by atoms with van der Waals surface area (Å²) in [6, 6.07) is 1.98. The largest absolute Gasteiger partial charge is 0.401 e. The van der Waals surface area contributed by atoms with Crippen LogP contribution in [0.5, 0.6) is 0 Å². The molecule has 0 amide bonds. The maximum Gasteiger partial charge on any atom is 0.401 e. The first-order valence-corrected chi connectivity index (χ1v) is 9.09. The Morgan fingerprint density at radius 2 is 1.76 bits per heavy atom. The average molecular weight is 357 g/mol. The maximum atomic E-state index is 12.4. The van der Waals surface area contributed by atoms with Crippen LogP contribution in [0.15, 0.2) is 12.4 Å². The molecule has 0 radical (unpaired) electrons. The SMILES string of the molecule is FC(F)(F)CN1CCC(CNc2cc(N3CCCCC3)ncn2)CC1. The quantitative estimate of drug-likeness (QED) is 0.877. The Kier molecular flexibility index (Phi) is 5.98. The number of aromatic nitrogens is 2. The van der Waals surface area contributed by atoms with Crippen molar-refractivity contribution >= 4 is 11.6 Å². The number of hydrogen-bond acceptors (Lipinski definition) is 5. The van der Waals surface area contributed by atoms with Gasteiger partial charge in [-0.05, 0) is 51.1 Å². The van der Waals surface area contributed by atoms with Crippen molar-refractivity contribution in [1.29, 1.82) is 0 Å². The molecule has 0 aliphatic carbocycles. The van der Waals surface area contributed by atoms with E-state index in [9.17, 15) is 13.2 Å². The molecule has 140 valence electrons. The highest BCUT2D eigenvalue weighted by atomic mass is 19.4. The Balaban J connectivity index is 1.45. The van der Waals surface area contributed by atoms with Gasteiger partial charge in [0.2, 0.25) is 0 Å². The van der Waals surface area contributed by atoms with Crippen molar-refractivity contribution in [2.24, 2.45) is 5.92 Å². The molecule has 0 saturated carbocycles. The van der Waals surface area contributed by atoms with Crippen molar-refractivity contribution < 1.29 is 13.2 Å². The third kappa shape index (κ3) is 5.73. The summed E-state index contributed by atoms with van der Waals surface area (Å²) in [5, 5.41) is 3.34. The van der Waals surface area contributed by atoms with E-state index in [1.807, 2.05) is 6.07 Å². The fourth-order valence-electron chi connectivity index (χ4n) is 3.59. The second-order valence-electron chi connectivity index (χ2n) is 7.02. The van der Waals surface area contributed by atoms with Gasteiger partial charge in [0, 0.05) is 25.7 Å². The lowest BCUT2D eigenvalue weighted by Crippen LogP contribution is -2.41. The zero-order chi connectivity index (χ0) is 17.7. The van der Waals surface area contributed by atoms with Gasteiger partial charge in [-0.1, -0.05) is 0 Å². The molecule has 5 nitrogen and oxygen atoms in total. The fourth-order valence-corrected chi connectivity index (χ4v) is 3.59. The van der Waals surface area contributed by atoms with E-state index in [1.54, 1.807) is 6.33 Å². The molecule has 1 N–H and O–H groups in total. The third-order valence-corrected chi connectivity index (χ3v) is 5.01. The molecule has 3 heterocycles. The second kappa shape index (κ2) is 8.21. The van der Waals surface area contributed by atoms with Crippen molar-refractivity contribution in [2.75, 3.05) is 49.5 Å². The van der Waals surface area contributed by atoms with Crippen LogP contribution in [-0.4, -0.2) is 60.3 Å². The molecule has 2 aliphatic heterocycles. The molecule has 0 bridgehead atoms. The predicted octanol–water partition coefficient (Wildman–Crippen LogP) is 3.15. The van der Waals surface area contributed by atoms with E-state index in [0.717, 1.165) is 44.1 Å². The highest BCUT2D eigenvalue weighted by Gasteiger charge is 2.32.